The highest BCUT2D eigenvalue weighted by Crippen LogP contribution is 2.20. The van der Waals surface area contributed by atoms with Gasteiger partial charge in [-0.1, -0.05) is 6.42 Å². The number of aryl methyl sites for hydroxylation is 1. The molecule has 1 aromatic rings. The monoisotopic (exact) mass is 223 g/mol. The zero-order valence-electron chi connectivity index (χ0n) is 10.3. The molecule has 1 aliphatic rings. The zero-order valence-corrected chi connectivity index (χ0v) is 10.3. The summed E-state index contributed by atoms with van der Waals surface area (Å²) in [5.41, 5.74) is 3.47. The molecule has 0 spiro atoms. The highest BCUT2D eigenvalue weighted by Gasteiger charge is 2.24. The largest absolute Gasteiger partial charge is 0.320 e. The zero-order chi connectivity index (χ0) is 11.5. The molecule has 0 aromatic carbocycles. The number of nitrogens with zero attached hydrogens (tertiary/aromatic N) is 4. The standard InChI is InChI=1S/C11H21N5/c1-9-5-4-6-10(2)16(9)13-7-11-14-12-8-15(11)3/h8-10,13H,4-7H2,1-3H3. The van der Waals surface area contributed by atoms with Gasteiger partial charge in [0, 0.05) is 19.1 Å². The molecule has 0 bridgehead atoms. The second-order valence-corrected chi connectivity index (χ2v) is 4.73. The van der Waals surface area contributed by atoms with Crippen LogP contribution in [-0.4, -0.2) is 31.9 Å². The van der Waals surface area contributed by atoms with Crippen molar-refractivity contribution in [2.75, 3.05) is 0 Å². The number of hydrazine groups is 1. The highest BCUT2D eigenvalue weighted by atomic mass is 15.5. The number of hydrogen-bond donors (Lipinski definition) is 1. The van der Waals surface area contributed by atoms with Gasteiger partial charge in [-0.15, -0.1) is 10.2 Å². The van der Waals surface area contributed by atoms with E-state index < -0.39 is 0 Å². The molecule has 2 unspecified atom stereocenters. The fourth-order valence-electron chi connectivity index (χ4n) is 2.36. The molecular formula is C11H21N5. The van der Waals surface area contributed by atoms with Crippen LogP contribution in [0.5, 0.6) is 0 Å². The maximum absolute atomic E-state index is 4.07. The number of aromatic nitrogens is 3. The molecule has 2 rings (SSSR count). The number of piperidine rings is 1. The molecule has 0 saturated carbocycles. The summed E-state index contributed by atoms with van der Waals surface area (Å²) in [5.74, 6) is 0.977. The van der Waals surface area contributed by atoms with E-state index in [0.29, 0.717) is 12.1 Å². The highest BCUT2D eigenvalue weighted by molar-refractivity contribution is 4.84. The topological polar surface area (TPSA) is 46.0 Å². The lowest BCUT2D eigenvalue weighted by atomic mass is 10.00. The summed E-state index contributed by atoms with van der Waals surface area (Å²) in [6.07, 6.45) is 5.62. The van der Waals surface area contributed by atoms with Gasteiger partial charge in [0.25, 0.3) is 0 Å². The Hall–Kier alpha value is -0.940. The fourth-order valence-corrected chi connectivity index (χ4v) is 2.36. The van der Waals surface area contributed by atoms with Crippen LogP contribution in [0.3, 0.4) is 0 Å². The van der Waals surface area contributed by atoms with Crippen LogP contribution in [0.25, 0.3) is 0 Å². The van der Waals surface area contributed by atoms with Crippen LogP contribution in [0.2, 0.25) is 0 Å². The molecule has 90 valence electrons. The van der Waals surface area contributed by atoms with Crippen LogP contribution in [0, 0.1) is 0 Å². The fraction of sp³-hybridized carbons (Fsp3) is 0.818. The van der Waals surface area contributed by atoms with Gasteiger partial charge in [0.1, 0.15) is 12.2 Å². The molecule has 1 aromatic heterocycles. The third kappa shape index (κ3) is 2.41. The van der Waals surface area contributed by atoms with Gasteiger partial charge in [0.15, 0.2) is 0 Å². The lowest BCUT2D eigenvalue weighted by molar-refractivity contribution is 0.0423. The number of nitrogens with one attached hydrogen (secondary N) is 1. The van der Waals surface area contributed by atoms with Gasteiger partial charge in [-0.05, 0) is 26.7 Å². The van der Waals surface area contributed by atoms with Gasteiger partial charge in [-0.25, -0.2) is 10.4 Å². The van der Waals surface area contributed by atoms with E-state index in [-0.39, 0.29) is 0 Å². The van der Waals surface area contributed by atoms with Crippen molar-refractivity contribution < 1.29 is 0 Å². The lowest BCUT2D eigenvalue weighted by Crippen LogP contribution is -2.51. The predicted molar refractivity (Wildman–Crippen MR) is 62.5 cm³/mol. The van der Waals surface area contributed by atoms with Crippen molar-refractivity contribution in [1.29, 1.82) is 0 Å². The average molecular weight is 223 g/mol. The van der Waals surface area contributed by atoms with Crippen LogP contribution >= 0.6 is 0 Å². The Morgan fingerprint density at radius 2 is 2.06 bits per heavy atom. The maximum Gasteiger partial charge on any atom is 0.147 e. The van der Waals surface area contributed by atoms with Gasteiger partial charge >= 0.3 is 0 Å². The third-order valence-electron chi connectivity index (χ3n) is 3.42. The van der Waals surface area contributed by atoms with Crippen molar-refractivity contribution in [3.63, 3.8) is 0 Å². The molecule has 1 fully saturated rings. The van der Waals surface area contributed by atoms with Crippen LogP contribution < -0.4 is 5.43 Å². The van der Waals surface area contributed by atoms with Gasteiger partial charge < -0.3 is 4.57 Å². The summed E-state index contributed by atoms with van der Waals surface area (Å²) in [6, 6.07) is 1.22. The Kier molecular flexibility index (Phi) is 3.56. The summed E-state index contributed by atoms with van der Waals surface area (Å²) in [5, 5.41) is 10.3. The van der Waals surface area contributed by atoms with Crippen LogP contribution in [-0.2, 0) is 13.6 Å². The van der Waals surface area contributed by atoms with Crippen molar-refractivity contribution in [3.8, 4) is 0 Å². The summed E-state index contributed by atoms with van der Waals surface area (Å²) >= 11 is 0. The molecule has 1 aliphatic heterocycles. The van der Waals surface area contributed by atoms with E-state index in [0.717, 1.165) is 12.4 Å². The summed E-state index contributed by atoms with van der Waals surface area (Å²) in [4.78, 5) is 0. The quantitative estimate of drug-likeness (QED) is 0.833. The molecule has 1 N–H and O–H groups in total. The van der Waals surface area contributed by atoms with E-state index in [1.165, 1.54) is 19.3 Å². The Labute approximate surface area is 96.8 Å². The van der Waals surface area contributed by atoms with Gasteiger partial charge in [-0.3, -0.25) is 0 Å². The van der Waals surface area contributed by atoms with Crippen molar-refractivity contribution in [1.82, 2.24) is 25.2 Å². The maximum atomic E-state index is 4.07. The molecule has 5 nitrogen and oxygen atoms in total. The molecule has 0 amide bonds. The molecular weight excluding hydrogens is 202 g/mol. The predicted octanol–water partition coefficient (Wildman–Crippen LogP) is 1.08. The van der Waals surface area contributed by atoms with Crippen LogP contribution in [0.4, 0.5) is 0 Å². The van der Waals surface area contributed by atoms with E-state index >= 15 is 0 Å². The van der Waals surface area contributed by atoms with Gasteiger partial charge in [-0.2, -0.15) is 0 Å². The minimum absolute atomic E-state index is 0.608. The summed E-state index contributed by atoms with van der Waals surface area (Å²) in [7, 11) is 1.97. The Morgan fingerprint density at radius 1 is 1.38 bits per heavy atom. The molecule has 0 aliphatic carbocycles. The second kappa shape index (κ2) is 4.93. The Morgan fingerprint density at radius 3 is 2.62 bits per heavy atom. The van der Waals surface area contributed by atoms with Gasteiger partial charge in [0.05, 0.1) is 6.54 Å². The first-order valence-electron chi connectivity index (χ1n) is 6.03. The molecule has 5 heteroatoms. The van der Waals surface area contributed by atoms with E-state index in [1.54, 1.807) is 6.33 Å². The average Bonchev–Trinajstić information content (AvgIpc) is 2.64. The SMILES string of the molecule is CC1CCCC(C)N1NCc1nncn1C. The van der Waals surface area contributed by atoms with Crippen molar-refractivity contribution in [2.45, 2.75) is 51.7 Å². The third-order valence-corrected chi connectivity index (χ3v) is 3.42. The van der Waals surface area contributed by atoms with Gasteiger partial charge in [0.2, 0.25) is 0 Å². The molecule has 0 radical (unpaired) electrons. The summed E-state index contributed by atoms with van der Waals surface area (Å²) < 4.78 is 1.95. The minimum Gasteiger partial charge on any atom is -0.320 e. The first-order valence-corrected chi connectivity index (χ1v) is 6.03. The number of hydrogen-bond acceptors (Lipinski definition) is 4. The van der Waals surface area contributed by atoms with E-state index in [4.69, 9.17) is 0 Å². The van der Waals surface area contributed by atoms with E-state index in [9.17, 15) is 0 Å². The van der Waals surface area contributed by atoms with Crippen molar-refractivity contribution in [2.24, 2.45) is 7.05 Å². The van der Waals surface area contributed by atoms with E-state index in [1.807, 2.05) is 11.6 Å². The molecule has 2 atom stereocenters. The van der Waals surface area contributed by atoms with Crippen molar-refractivity contribution >= 4 is 0 Å². The lowest BCUT2D eigenvalue weighted by Gasteiger charge is -2.38. The Bertz CT molecular complexity index is 325. The smallest absolute Gasteiger partial charge is 0.147 e. The second-order valence-electron chi connectivity index (χ2n) is 4.73. The Balaban J connectivity index is 1.91. The number of rotatable bonds is 3. The van der Waals surface area contributed by atoms with Crippen molar-refractivity contribution in [3.05, 3.63) is 12.2 Å². The first kappa shape index (κ1) is 11.5. The first-order chi connectivity index (χ1) is 7.68. The minimum atomic E-state index is 0.608. The molecule has 1 saturated heterocycles. The summed E-state index contributed by atoms with van der Waals surface area (Å²) in [6.45, 7) is 5.31. The van der Waals surface area contributed by atoms with E-state index in [2.05, 4.69) is 34.5 Å². The van der Waals surface area contributed by atoms with Crippen LogP contribution in [0.1, 0.15) is 38.9 Å². The molecule has 2 heterocycles. The molecule has 16 heavy (non-hydrogen) atoms. The van der Waals surface area contributed by atoms with Crippen LogP contribution in [0.15, 0.2) is 6.33 Å². The normalized spacial score (nSPS) is 27.2.